The summed E-state index contributed by atoms with van der Waals surface area (Å²) in [5.74, 6) is 0. The molecule has 0 amide bonds. The Kier molecular flexibility index (Phi) is 87.6. The smallest absolute Gasteiger partial charge is 0 e. The Balaban J connectivity index is -0.00000000500. The Morgan fingerprint density at radius 2 is 1.25 bits per heavy atom. The van der Waals surface area contributed by atoms with Gasteiger partial charge in [-0.2, -0.15) is 0 Å². The second-order valence-electron chi connectivity index (χ2n) is 0. The molecule has 4 heteroatoms. The van der Waals surface area contributed by atoms with Crippen molar-refractivity contribution in [3.05, 3.63) is 0 Å². The average molecular weight is 373 g/mol. The van der Waals surface area contributed by atoms with E-state index in [1.165, 1.54) is 16.3 Å². The van der Waals surface area contributed by atoms with Gasteiger partial charge >= 0.3 is 46.7 Å². The molecule has 0 saturated carbocycles. The molecule has 33 valence electrons. The van der Waals surface area contributed by atoms with E-state index < -0.39 is 0 Å². The van der Waals surface area contributed by atoms with Crippen molar-refractivity contribution >= 4 is 42.5 Å². The van der Waals surface area contributed by atoms with E-state index in [0.717, 1.165) is 0 Å². The van der Waals surface area contributed by atoms with Crippen molar-refractivity contribution in [2.75, 3.05) is 0 Å². The first-order chi connectivity index (χ1) is 1.00. The van der Waals surface area contributed by atoms with Gasteiger partial charge in [-0.15, -0.1) is 0 Å². The van der Waals surface area contributed by atoms with Crippen molar-refractivity contribution in [1.29, 1.82) is 0 Å². The van der Waals surface area contributed by atoms with Gasteiger partial charge in [-0.1, -0.05) is 0 Å². The zero-order valence-electron chi connectivity index (χ0n) is 1.90. The predicted molar refractivity (Wildman–Crippen MR) is 19.3 cm³/mol. The molecule has 0 aromatic carbocycles. The van der Waals surface area contributed by atoms with Crippen LogP contribution < -0.4 is 0 Å². The molecule has 1 N–H and O–H groups in total. The van der Waals surface area contributed by atoms with E-state index in [9.17, 15) is 0 Å². The normalized spacial score (nSPS) is 1.50. The first kappa shape index (κ1) is 16.9. The molecule has 1 radical (unpaired) electrons. The minimum absolute atomic E-state index is 0. The van der Waals surface area contributed by atoms with E-state index in [4.69, 9.17) is 4.19 Å². The van der Waals surface area contributed by atoms with Crippen molar-refractivity contribution in [2.24, 2.45) is 0 Å². The standard InChI is InChI=1S/Bi.Cu.H2OSe.3H/c;;1-2;;;/h;;1-2H;;;. The van der Waals surface area contributed by atoms with Gasteiger partial charge in [0, 0.05) is 17.1 Å². The molecule has 0 bridgehead atoms. The van der Waals surface area contributed by atoms with Gasteiger partial charge < -0.3 is 0 Å². The monoisotopic (exact) mass is 373 g/mol. The molecule has 0 heterocycles. The van der Waals surface area contributed by atoms with Crippen LogP contribution in [0.2, 0.25) is 0 Å². The zero-order valence-corrected chi connectivity index (χ0v) is 10.2. The van der Waals surface area contributed by atoms with E-state index in [1.807, 2.05) is 0 Å². The molecule has 0 rings (SSSR count). The summed E-state index contributed by atoms with van der Waals surface area (Å²) in [6.07, 6.45) is 0. The second-order valence-corrected chi connectivity index (χ2v) is 0. The van der Waals surface area contributed by atoms with Crippen LogP contribution in [0.1, 0.15) is 0 Å². The minimum atomic E-state index is 0. The van der Waals surface area contributed by atoms with Gasteiger partial charge in [-0.3, -0.25) is 0 Å². The maximum absolute atomic E-state index is 6.94. The van der Waals surface area contributed by atoms with Crippen LogP contribution >= 0.6 is 0 Å². The number of hydrogen-bond donors (Lipinski definition) is 1. The van der Waals surface area contributed by atoms with Crippen LogP contribution in [0, 0.1) is 0 Å². The summed E-state index contributed by atoms with van der Waals surface area (Å²) in [7, 11) is 0. The van der Waals surface area contributed by atoms with Crippen LogP contribution in [-0.2, 0) is 17.1 Å². The summed E-state index contributed by atoms with van der Waals surface area (Å²) in [4.78, 5) is 0. The zero-order chi connectivity index (χ0) is 2.00. The molecule has 0 aliphatic heterocycles. The minimum Gasteiger partial charge on any atom is 0 e. The summed E-state index contributed by atoms with van der Waals surface area (Å²) in [5.41, 5.74) is 0. The molecule has 0 aromatic heterocycles. The van der Waals surface area contributed by atoms with Crippen LogP contribution in [0.3, 0.4) is 0 Å². The quantitative estimate of drug-likeness (QED) is 0.471. The molecule has 4 heavy (non-hydrogen) atoms. The largest absolute Gasteiger partial charge is 0 e. The van der Waals surface area contributed by atoms with Gasteiger partial charge in [0.1, 0.15) is 0 Å². The molecule has 0 unspecified atom stereocenters. The van der Waals surface area contributed by atoms with Crippen LogP contribution in [0.5, 0.6) is 0 Å². The third-order valence-corrected chi connectivity index (χ3v) is 0. The topological polar surface area (TPSA) is 20.2 Å². The van der Waals surface area contributed by atoms with E-state index in [2.05, 4.69) is 0 Å². The van der Waals surface area contributed by atoms with Crippen molar-refractivity contribution in [1.82, 2.24) is 0 Å². The number of hydrogen-bond acceptors (Lipinski definition) is 1. The van der Waals surface area contributed by atoms with Crippen molar-refractivity contribution in [2.45, 2.75) is 0 Å². The third kappa shape index (κ3) is 9.10. The Morgan fingerprint density at radius 1 is 1.25 bits per heavy atom. The third-order valence-electron chi connectivity index (χ3n) is 0. The molecule has 0 saturated heterocycles. The average Bonchev–Trinajstić information content (AvgIpc) is 1.00. The summed E-state index contributed by atoms with van der Waals surface area (Å²) in [5, 5.41) is 0. The maximum Gasteiger partial charge on any atom is 0 e. The fraction of sp³-hybridized carbons (Fsp3) is 0. The molecule has 1 nitrogen and oxygen atoms in total. The fourth-order valence-electron chi connectivity index (χ4n) is 0. The first-order valence-corrected chi connectivity index (χ1v) is 1.04. The Labute approximate surface area is 63.3 Å². The molecule has 0 aliphatic carbocycles. The molecule has 0 aliphatic rings. The Bertz CT molecular complexity index is 8.00. The van der Waals surface area contributed by atoms with E-state index in [0.29, 0.717) is 0 Å². The molecule has 0 fully saturated rings. The van der Waals surface area contributed by atoms with Crippen LogP contribution in [0.4, 0.5) is 0 Å². The summed E-state index contributed by atoms with van der Waals surface area (Å²) >= 11 is 1.31. The van der Waals surface area contributed by atoms with Gasteiger partial charge in [-0.25, -0.2) is 0 Å². The van der Waals surface area contributed by atoms with Gasteiger partial charge in [0.05, 0.1) is 0 Å². The Hall–Kier alpha value is 1.88. The summed E-state index contributed by atoms with van der Waals surface area (Å²) in [6.45, 7) is 0. The fourth-order valence-corrected chi connectivity index (χ4v) is 0. The van der Waals surface area contributed by atoms with E-state index >= 15 is 0 Å². The molecule has 0 aromatic rings. The maximum atomic E-state index is 6.94. The summed E-state index contributed by atoms with van der Waals surface area (Å²) in [6, 6.07) is 0. The van der Waals surface area contributed by atoms with Gasteiger partial charge in [0.25, 0.3) is 0 Å². The van der Waals surface area contributed by atoms with Crippen molar-refractivity contribution in [3.63, 3.8) is 0 Å². The summed E-state index contributed by atoms with van der Waals surface area (Å²) < 4.78 is 6.94. The Morgan fingerprint density at radius 3 is 1.25 bits per heavy atom. The van der Waals surface area contributed by atoms with Gasteiger partial charge in [-0.05, 0) is 0 Å². The molecular formula is H5BiCuOSe. The van der Waals surface area contributed by atoms with Crippen molar-refractivity contribution < 1.29 is 21.3 Å². The number of rotatable bonds is 0. The predicted octanol–water partition coefficient (Wildman–Crippen LogP) is -2.39. The van der Waals surface area contributed by atoms with Crippen molar-refractivity contribution in [3.8, 4) is 0 Å². The van der Waals surface area contributed by atoms with Gasteiger partial charge in [0.2, 0.25) is 0 Å². The van der Waals surface area contributed by atoms with Crippen LogP contribution in [0.25, 0.3) is 0 Å². The molecule has 0 atom stereocenters. The van der Waals surface area contributed by atoms with E-state index in [-0.39, 0.29) is 43.3 Å². The second kappa shape index (κ2) is 20.8. The molecule has 0 spiro atoms. The SMILES string of the molecule is O[SeH].[BiH3].[Cu]. The molecular weight excluding hydrogens is 367 g/mol. The van der Waals surface area contributed by atoms with Crippen LogP contribution in [0.15, 0.2) is 0 Å². The first-order valence-electron chi connectivity index (χ1n) is 0.200. The van der Waals surface area contributed by atoms with Gasteiger partial charge in [0.15, 0.2) is 0 Å². The van der Waals surface area contributed by atoms with E-state index in [1.54, 1.807) is 0 Å². The van der Waals surface area contributed by atoms with Crippen LogP contribution in [-0.4, -0.2) is 46.7 Å².